The Morgan fingerprint density at radius 1 is 0.600 bits per heavy atom. The molecular formula is C23H18N4O3. The van der Waals surface area contributed by atoms with Crippen LogP contribution < -0.4 is 17.1 Å². The van der Waals surface area contributed by atoms with Crippen molar-refractivity contribution >= 4 is 5.71 Å². The average molecular weight is 398 g/mol. The molecule has 0 saturated carbocycles. The van der Waals surface area contributed by atoms with E-state index in [1.165, 1.54) is 0 Å². The van der Waals surface area contributed by atoms with Crippen LogP contribution in [0, 0.1) is 0 Å². The van der Waals surface area contributed by atoms with Crippen LogP contribution in [-0.2, 0) is 0 Å². The average Bonchev–Trinajstić information content (AvgIpc) is 2.79. The largest absolute Gasteiger partial charge is 0.362 e. The van der Waals surface area contributed by atoms with E-state index in [1.54, 1.807) is 67.6 Å². The highest BCUT2D eigenvalue weighted by molar-refractivity contribution is 5.98. The summed E-state index contributed by atoms with van der Waals surface area (Å²) in [5.74, 6) is 0. The van der Waals surface area contributed by atoms with Crippen molar-refractivity contribution in [3.8, 4) is 11.4 Å². The molecule has 1 heterocycles. The Kier molecular flexibility index (Phi) is 5.09. The highest BCUT2D eigenvalue weighted by Crippen LogP contribution is 2.04. The highest BCUT2D eigenvalue weighted by Gasteiger charge is 2.18. The second-order valence-electron chi connectivity index (χ2n) is 6.55. The van der Waals surface area contributed by atoms with Gasteiger partial charge in [-0.2, -0.15) is 5.10 Å². The SMILES string of the molecule is C/C(=N\n1c(=O)n(-c2ccccc2)c(=O)n(-c2ccccc2)c1=O)c1ccccc1. The van der Waals surface area contributed by atoms with Crippen LogP contribution in [0.5, 0.6) is 0 Å². The maximum Gasteiger partial charge on any atom is 0.362 e. The fourth-order valence-corrected chi connectivity index (χ4v) is 3.10. The van der Waals surface area contributed by atoms with Gasteiger partial charge < -0.3 is 0 Å². The lowest BCUT2D eigenvalue weighted by molar-refractivity contribution is 0.605. The number of benzene rings is 3. The zero-order valence-electron chi connectivity index (χ0n) is 16.2. The molecule has 0 N–H and O–H groups in total. The van der Waals surface area contributed by atoms with Gasteiger partial charge in [-0.3, -0.25) is 0 Å². The Hall–Kier alpha value is -4.26. The predicted octanol–water partition coefficient (Wildman–Crippen LogP) is 2.42. The van der Waals surface area contributed by atoms with Gasteiger partial charge in [0.25, 0.3) is 0 Å². The predicted molar refractivity (Wildman–Crippen MR) is 116 cm³/mol. The van der Waals surface area contributed by atoms with Crippen LogP contribution in [0.4, 0.5) is 0 Å². The van der Waals surface area contributed by atoms with Crippen molar-refractivity contribution in [1.82, 2.24) is 13.8 Å². The molecule has 0 aliphatic heterocycles. The minimum absolute atomic E-state index is 0.346. The molecule has 0 bridgehead atoms. The molecular weight excluding hydrogens is 380 g/mol. The van der Waals surface area contributed by atoms with Crippen LogP contribution in [0.25, 0.3) is 11.4 Å². The van der Waals surface area contributed by atoms with Gasteiger partial charge in [0, 0.05) is 0 Å². The van der Waals surface area contributed by atoms with Crippen LogP contribution in [-0.4, -0.2) is 19.5 Å². The van der Waals surface area contributed by atoms with E-state index < -0.39 is 17.1 Å². The third-order valence-corrected chi connectivity index (χ3v) is 4.60. The molecule has 0 amide bonds. The lowest BCUT2D eigenvalue weighted by Crippen LogP contribution is -2.52. The summed E-state index contributed by atoms with van der Waals surface area (Å²) >= 11 is 0. The van der Waals surface area contributed by atoms with E-state index in [2.05, 4.69) is 5.10 Å². The molecule has 0 aliphatic rings. The minimum Gasteiger partial charge on any atom is -0.246 e. The standard InChI is InChI=1S/C23H18N4O3/c1-17(18-11-5-2-6-12-18)24-27-22(29)25(19-13-7-3-8-14-19)21(28)26(23(27)30)20-15-9-4-10-16-20/h2-16H,1H3/b24-17+. The van der Waals surface area contributed by atoms with E-state index >= 15 is 0 Å². The number of rotatable bonds is 4. The smallest absolute Gasteiger partial charge is 0.246 e. The number of nitrogens with zero attached hydrogens (tertiary/aromatic N) is 4. The van der Waals surface area contributed by atoms with Crippen LogP contribution in [0.3, 0.4) is 0 Å². The van der Waals surface area contributed by atoms with Gasteiger partial charge in [-0.25, -0.2) is 23.5 Å². The van der Waals surface area contributed by atoms with E-state index in [9.17, 15) is 14.4 Å². The molecule has 0 unspecified atom stereocenters. The molecule has 3 aromatic carbocycles. The first-order valence-corrected chi connectivity index (χ1v) is 9.31. The second kappa shape index (κ2) is 8.00. The summed E-state index contributed by atoms with van der Waals surface area (Å²) in [7, 11) is 0. The maximum atomic E-state index is 13.2. The van der Waals surface area contributed by atoms with E-state index in [0.717, 1.165) is 19.4 Å². The van der Waals surface area contributed by atoms with Crippen LogP contribution in [0.15, 0.2) is 110 Å². The first-order valence-electron chi connectivity index (χ1n) is 9.31. The summed E-state index contributed by atoms with van der Waals surface area (Å²) in [6.45, 7) is 1.70. The molecule has 0 atom stereocenters. The van der Waals surface area contributed by atoms with Gasteiger partial charge in [-0.1, -0.05) is 66.7 Å². The summed E-state index contributed by atoms with van der Waals surface area (Å²) in [6, 6.07) is 26.1. The lowest BCUT2D eigenvalue weighted by atomic mass is 10.1. The third-order valence-electron chi connectivity index (χ3n) is 4.60. The molecule has 148 valence electrons. The van der Waals surface area contributed by atoms with Crippen molar-refractivity contribution in [3.05, 3.63) is 128 Å². The van der Waals surface area contributed by atoms with Gasteiger partial charge in [-0.15, -0.1) is 4.68 Å². The first-order chi connectivity index (χ1) is 14.6. The van der Waals surface area contributed by atoms with E-state index in [-0.39, 0.29) is 0 Å². The topological polar surface area (TPSA) is 78.4 Å². The van der Waals surface area contributed by atoms with Crippen molar-refractivity contribution in [1.29, 1.82) is 0 Å². The zero-order chi connectivity index (χ0) is 21.1. The Bertz CT molecular complexity index is 1310. The number of para-hydroxylation sites is 2. The maximum absolute atomic E-state index is 13.2. The van der Waals surface area contributed by atoms with Crippen LogP contribution in [0.1, 0.15) is 12.5 Å². The van der Waals surface area contributed by atoms with Crippen LogP contribution >= 0.6 is 0 Å². The summed E-state index contributed by atoms with van der Waals surface area (Å²) in [6.07, 6.45) is 0. The third kappa shape index (κ3) is 3.44. The van der Waals surface area contributed by atoms with Gasteiger partial charge in [0.05, 0.1) is 17.1 Å². The molecule has 30 heavy (non-hydrogen) atoms. The highest BCUT2D eigenvalue weighted by atomic mass is 16.2. The number of hydrogen-bond donors (Lipinski definition) is 0. The van der Waals surface area contributed by atoms with Crippen molar-refractivity contribution in [2.45, 2.75) is 6.92 Å². The second-order valence-corrected chi connectivity index (χ2v) is 6.55. The Morgan fingerprint density at radius 2 is 1.00 bits per heavy atom. The van der Waals surface area contributed by atoms with E-state index in [1.807, 2.05) is 30.3 Å². The van der Waals surface area contributed by atoms with E-state index in [4.69, 9.17) is 0 Å². The Morgan fingerprint density at radius 3 is 1.43 bits per heavy atom. The van der Waals surface area contributed by atoms with Gasteiger partial charge in [0.2, 0.25) is 0 Å². The van der Waals surface area contributed by atoms with Gasteiger partial charge in [0.1, 0.15) is 0 Å². The van der Waals surface area contributed by atoms with Crippen molar-refractivity contribution in [3.63, 3.8) is 0 Å². The Balaban J connectivity index is 2.07. The molecule has 1 aromatic heterocycles. The summed E-state index contributed by atoms with van der Waals surface area (Å²) in [4.78, 5) is 39.5. The molecule has 7 heteroatoms. The lowest BCUT2D eigenvalue weighted by Gasteiger charge is -2.12. The minimum atomic E-state index is -0.835. The molecule has 0 aliphatic carbocycles. The van der Waals surface area contributed by atoms with Crippen molar-refractivity contribution in [2.24, 2.45) is 5.10 Å². The number of aromatic nitrogens is 3. The molecule has 4 aromatic rings. The zero-order valence-corrected chi connectivity index (χ0v) is 16.2. The molecule has 7 nitrogen and oxygen atoms in total. The van der Waals surface area contributed by atoms with Crippen LogP contribution in [0.2, 0.25) is 0 Å². The van der Waals surface area contributed by atoms with Gasteiger partial charge in [0.15, 0.2) is 0 Å². The molecule has 0 saturated heterocycles. The monoisotopic (exact) mass is 398 g/mol. The molecule has 4 rings (SSSR count). The Labute approximate surface area is 171 Å². The normalized spacial score (nSPS) is 11.4. The number of hydrogen-bond acceptors (Lipinski definition) is 4. The quantitative estimate of drug-likeness (QED) is 0.495. The van der Waals surface area contributed by atoms with Gasteiger partial charge in [-0.05, 0) is 36.8 Å². The fraction of sp³-hybridized carbons (Fsp3) is 0.0435. The van der Waals surface area contributed by atoms with Crippen molar-refractivity contribution < 1.29 is 0 Å². The van der Waals surface area contributed by atoms with Crippen molar-refractivity contribution in [2.75, 3.05) is 0 Å². The molecule has 0 spiro atoms. The summed E-state index contributed by atoms with van der Waals surface area (Å²) in [5.41, 5.74) is -0.513. The summed E-state index contributed by atoms with van der Waals surface area (Å²) in [5, 5.41) is 4.27. The first kappa shape index (κ1) is 19.1. The summed E-state index contributed by atoms with van der Waals surface area (Å²) < 4.78 is 2.61. The van der Waals surface area contributed by atoms with Gasteiger partial charge >= 0.3 is 17.1 Å². The fourth-order valence-electron chi connectivity index (χ4n) is 3.10. The van der Waals surface area contributed by atoms with E-state index in [0.29, 0.717) is 17.1 Å². The molecule has 0 fully saturated rings. The molecule has 0 radical (unpaired) electrons.